The van der Waals surface area contributed by atoms with Crippen LogP contribution in [0.5, 0.6) is 0 Å². The van der Waals surface area contributed by atoms with Gasteiger partial charge >= 0.3 is 0 Å². The maximum atomic E-state index is 6.27. The van der Waals surface area contributed by atoms with E-state index in [2.05, 4.69) is 23.0 Å². The van der Waals surface area contributed by atoms with Crippen molar-refractivity contribution in [2.45, 2.75) is 35.9 Å². The number of aromatic amines is 1. The lowest BCUT2D eigenvalue weighted by Gasteiger charge is -2.13. The van der Waals surface area contributed by atoms with Crippen LogP contribution in [0.3, 0.4) is 0 Å². The van der Waals surface area contributed by atoms with Crippen molar-refractivity contribution >= 4 is 23.4 Å². The normalized spacial score (nSPS) is 12.6. The molecule has 3 N–H and O–H groups in total. The maximum absolute atomic E-state index is 6.27. The molecule has 1 heterocycles. The highest BCUT2D eigenvalue weighted by molar-refractivity contribution is 7.99. The van der Waals surface area contributed by atoms with E-state index in [1.54, 1.807) is 24.2 Å². The fourth-order valence-electron chi connectivity index (χ4n) is 1.66. The van der Waals surface area contributed by atoms with Crippen LogP contribution in [0.4, 0.5) is 0 Å². The molecule has 5 heteroatoms. The highest BCUT2D eigenvalue weighted by Crippen LogP contribution is 2.34. The lowest BCUT2D eigenvalue weighted by Crippen LogP contribution is -2.21. The first-order valence-corrected chi connectivity index (χ1v) is 7.10. The molecule has 0 amide bonds. The molecule has 0 aliphatic carbocycles. The van der Waals surface area contributed by atoms with Crippen molar-refractivity contribution in [3.63, 3.8) is 0 Å². The average Bonchev–Trinajstić information content (AvgIpc) is 2.86. The highest BCUT2D eigenvalue weighted by atomic mass is 35.5. The van der Waals surface area contributed by atoms with E-state index in [4.69, 9.17) is 17.3 Å². The van der Waals surface area contributed by atoms with Crippen molar-refractivity contribution in [2.75, 3.05) is 0 Å². The Labute approximate surface area is 116 Å². The van der Waals surface area contributed by atoms with Gasteiger partial charge in [-0.2, -0.15) is 0 Å². The van der Waals surface area contributed by atoms with Gasteiger partial charge in [0.15, 0.2) is 5.16 Å². The lowest BCUT2D eigenvalue weighted by molar-refractivity contribution is 0.641. The molecule has 3 nitrogen and oxygen atoms in total. The van der Waals surface area contributed by atoms with Gasteiger partial charge in [-0.15, -0.1) is 0 Å². The van der Waals surface area contributed by atoms with Crippen molar-refractivity contribution in [1.82, 2.24) is 9.97 Å². The van der Waals surface area contributed by atoms with Gasteiger partial charge in [-0.25, -0.2) is 4.98 Å². The Morgan fingerprint density at radius 3 is 3.00 bits per heavy atom. The Bertz CT molecular complexity index is 499. The zero-order chi connectivity index (χ0) is 13.0. The number of hydrogen-bond donors (Lipinski definition) is 2. The molecule has 0 saturated carbocycles. The van der Waals surface area contributed by atoms with Gasteiger partial charge in [0, 0.05) is 23.3 Å². The molecule has 1 aromatic heterocycles. The number of nitrogens with zero attached hydrogens (tertiary/aromatic N) is 1. The number of benzene rings is 1. The first kappa shape index (κ1) is 13.5. The molecule has 0 saturated heterocycles. The van der Waals surface area contributed by atoms with Crippen LogP contribution >= 0.6 is 23.4 Å². The van der Waals surface area contributed by atoms with E-state index in [9.17, 15) is 0 Å². The van der Waals surface area contributed by atoms with Gasteiger partial charge in [0.2, 0.25) is 0 Å². The quantitative estimate of drug-likeness (QED) is 0.882. The molecule has 0 aliphatic heterocycles. The third-order valence-electron chi connectivity index (χ3n) is 2.73. The number of hydrogen-bond acceptors (Lipinski definition) is 3. The predicted octanol–water partition coefficient (Wildman–Crippen LogP) is 3.49. The van der Waals surface area contributed by atoms with E-state index >= 15 is 0 Å². The molecule has 0 fully saturated rings. The van der Waals surface area contributed by atoms with Crippen molar-refractivity contribution in [1.29, 1.82) is 0 Å². The van der Waals surface area contributed by atoms with E-state index in [0.717, 1.165) is 27.9 Å². The second kappa shape index (κ2) is 6.27. The van der Waals surface area contributed by atoms with Gasteiger partial charge in [-0.05, 0) is 24.5 Å². The summed E-state index contributed by atoms with van der Waals surface area (Å²) in [7, 11) is 0. The summed E-state index contributed by atoms with van der Waals surface area (Å²) < 4.78 is 0. The van der Waals surface area contributed by atoms with Crippen LogP contribution in [-0.2, 0) is 6.42 Å². The number of halogens is 1. The fourth-order valence-corrected chi connectivity index (χ4v) is 2.85. The molecule has 1 atom stereocenters. The Morgan fingerprint density at radius 1 is 1.50 bits per heavy atom. The second-order valence-electron chi connectivity index (χ2n) is 4.10. The summed E-state index contributed by atoms with van der Waals surface area (Å²) in [5.41, 5.74) is 7.20. The Balaban J connectivity index is 2.26. The molecule has 96 valence electrons. The lowest BCUT2D eigenvalue weighted by atomic mass is 10.0. The topological polar surface area (TPSA) is 54.7 Å². The number of aromatic nitrogens is 2. The Kier molecular flexibility index (Phi) is 4.69. The smallest absolute Gasteiger partial charge is 0.170 e. The van der Waals surface area contributed by atoms with Crippen LogP contribution in [0.1, 0.15) is 18.9 Å². The Hall–Kier alpha value is -0.970. The van der Waals surface area contributed by atoms with Crippen LogP contribution in [0.25, 0.3) is 0 Å². The predicted molar refractivity (Wildman–Crippen MR) is 76.1 cm³/mol. The number of H-pyrrole nitrogens is 1. The van der Waals surface area contributed by atoms with Crippen molar-refractivity contribution in [3.8, 4) is 0 Å². The molecule has 0 bridgehead atoms. The van der Waals surface area contributed by atoms with Gasteiger partial charge in [-0.1, -0.05) is 42.4 Å². The van der Waals surface area contributed by atoms with E-state index in [0.29, 0.717) is 0 Å². The molecular weight excluding hydrogens is 266 g/mol. The van der Waals surface area contributed by atoms with Crippen LogP contribution in [-0.4, -0.2) is 16.0 Å². The zero-order valence-electron chi connectivity index (χ0n) is 10.2. The van der Waals surface area contributed by atoms with Gasteiger partial charge in [0.25, 0.3) is 0 Å². The third kappa shape index (κ3) is 3.28. The zero-order valence-corrected chi connectivity index (χ0v) is 11.8. The van der Waals surface area contributed by atoms with Gasteiger partial charge in [0.05, 0.1) is 5.02 Å². The number of nitrogens with one attached hydrogen (secondary N) is 1. The number of imidazole rings is 1. The summed E-state index contributed by atoms with van der Waals surface area (Å²) in [6.45, 7) is 2.09. The molecule has 18 heavy (non-hydrogen) atoms. The Morgan fingerprint density at radius 2 is 2.33 bits per heavy atom. The van der Waals surface area contributed by atoms with Crippen LogP contribution < -0.4 is 5.73 Å². The summed E-state index contributed by atoms with van der Waals surface area (Å²) in [5.74, 6) is 0. The minimum atomic E-state index is 0.166. The second-order valence-corrected chi connectivity index (χ2v) is 5.50. The third-order valence-corrected chi connectivity index (χ3v) is 4.26. The van der Waals surface area contributed by atoms with E-state index in [1.165, 1.54) is 5.56 Å². The summed E-state index contributed by atoms with van der Waals surface area (Å²) in [5, 5.41) is 1.59. The van der Waals surface area contributed by atoms with Crippen molar-refractivity contribution in [2.24, 2.45) is 5.73 Å². The van der Waals surface area contributed by atoms with E-state index < -0.39 is 0 Å². The van der Waals surface area contributed by atoms with Gasteiger partial charge in [0.1, 0.15) is 0 Å². The molecule has 2 aromatic rings. The monoisotopic (exact) mass is 281 g/mol. The van der Waals surface area contributed by atoms with Crippen molar-refractivity contribution < 1.29 is 0 Å². The highest BCUT2D eigenvalue weighted by Gasteiger charge is 2.12. The number of nitrogens with two attached hydrogens (primary N) is 1. The van der Waals surface area contributed by atoms with Crippen molar-refractivity contribution in [3.05, 3.63) is 41.2 Å². The fraction of sp³-hybridized carbons (Fsp3) is 0.308. The molecule has 1 aromatic carbocycles. The van der Waals surface area contributed by atoms with Crippen LogP contribution in [0.2, 0.25) is 5.02 Å². The molecule has 1 unspecified atom stereocenters. The summed E-state index contributed by atoms with van der Waals surface area (Å²) in [6, 6.07) is 6.10. The minimum Gasteiger partial charge on any atom is -0.339 e. The first-order chi connectivity index (χ1) is 8.70. The largest absolute Gasteiger partial charge is 0.339 e. The molecule has 0 aliphatic rings. The molecule has 0 radical (unpaired) electrons. The standard InChI is InChI=1S/C13H16ClN3S/c1-2-10(15)8-9-4-3-5-11(14)12(9)18-13-16-6-7-17-13/h3-7,10H,2,8,15H2,1H3,(H,16,17). The summed E-state index contributed by atoms with van der Waals surface area (Å²) in [6.07, 6.45) is 5.32. The molecule has 2 rings (SSSR count). The van der Waals surface area contributed by atoms with Crippen LogP contribution in [0.15, 0.2) is 40.6 Å². The molecule has 0 spiro atoms. The summed E-state index contributed by atoms with van der Waals surface area (Å²) in [4.78, 5) is 8.32. The summed E-state index contributed by atoms with van der Waals surface area (Å²) >= 11 is 7.82. The minimum absolute atomic E-state index is 0.166. The number of rotatable bonds is 5. The van der Waals surface area contributed by atoms with E-state index in [-0.39, 0.29) is 6.04 Å². The molecular formula is C13H16ClN3S. The maximum Gasteiger partial charge on any atom is 0.170 e. The van der Waals surface area contributed by atoms with Gasteiger partial charge < -0.3 is 10.7 Å². The van der Waals surface area contributed by atoms with E-state index in [1.807, 2.05) is 12.1 Å². The SMILES string of the molecule is CCC(N)Cc1cccc(Cl)c1Sc1ncc[nH]1. The first-order valence-electron chi connectivity index (χ1n) is 5.91. The van der Waals surface area contributed by atoms with Gasteiger partial charge in [-0.3, -0.25) is 0 Å². The van der Waals surface area contributed by atoms with Crippen LogP contribution in [0, 0.1) is 0 Å². The average molecular weight is 282 g/mol.